The first kappa shape index (κ1) is 18.2. The quantitative estimate of drug-likeness (QED) is 0.580. The molecule has 0 amide bonds. The molecule has 0 spiro atoms. The maximum Gasteiger partial charge on any atom is 0.229 e. The number of nitrogens with zero attached hydrogens (tertiary/aromatic N) is 2. The van der Waals surface area contributed by atoms with Gasteiger partial charge in [-0.3, -0.25) is 0 Å². The van der Waals surface area contributed by atoms with Gasteiger partial charge in [0.05, 0.1) is 17.8 Å². The normalized spacial score (nSPS) is 10.5. The van der Waals surface area contributed by atoms with Gasteiger partial charge in [-0.05, 0) is 42.8 Å². The number of aryl methyl sites for hydroxylation is 1. The Bertz CT molecular complexity index is 952. The summed E-state index contributed by atoms with van der Waals surface area (Å²) >= 11 is 11.9. The average molecular weight is 393 g/mol. The van der Waals surface area contributed by atoms with Crippen LogP contribution in [0.3, 0.4) is 0 Å². The van der Waals surface area contributed by atoms with Crippen LogP contribution in [0.4, 0.5) is 27.5 Å². The molecule has 0 saturated heterocycles. The van der Waals surface area contributed by atoms with Gasteiger partial charge in [0, 0.05) is 23.0 Å². The summed E-state index contributed by atoms with van der Waals surface area (Å²) in [6.07, 6.45) is 1.60. The summed E-state index contributed by atoms with van der Waals surface area (Å²) in [5.74, 6) is 0.985. The molecule has 26 heavy (non-hydrogen) atoms. The van der Waals surface area contributed by atoms with Crippen LogP contribution in [0.5, 0.6) is 5.75 Å². The third-order valence-corrected chi connectivity index (χ3v) is 4.27. The molecule has 0 aliphatic rings. The monoisotopic (exact) mass is 392 g/mol. The van der Waals surface area contributed by atoms with Gasteiger partial charge >= 0.3 is 0 Å². The van der Waals surface area contributed by atoms with Gasteiger partial charge in [-0.2, -0.15) is 4.98 Å². The van der Waals surface area contributed by atoms with E-state index in [-0.39, 0.29) is 5.02 Å². The Kier molecular flexibility index (Phi) is 5.44. The number of nitrogens with one attached hydrogen (secondary N) is 2. The molecule has 3 aromatic rings. The Morgan fingerprint density at radius 3 is 2.58 bits per heavy atom. The van der Waals surface area contributed by atoms with Crippen LogP contribution in [0, 0.1) is 12.7 Å². The van der Waals surface area contributed by atoms with Crippen molar-refractivity contribution in [2.75, 3.05) is 17.7 Å². The molecule has 2 aromatic carbocycles. The third-order valence-electron chi connectivity index (χ3n) is 3.57. The second kappa shape index (κ2) is 7.76. The largest absolute Gasteiger partial charge is 0.495 e. The number of halogens is 3. The molecule has 0 fully saturated rings. The minimum Gasteiger partial charge on any atom is -0.495 e. The molecule has 3 rings (SSSR count). The van der Waals surface area contributed by atoms with Crippen molar-refractivity contribution < 1.29 is 9.13 Å². The summed E-state index contributed by atoms with van der Waals surface area (Å²) in [6, 6.07) is 9.60. The van der Waals surface area contributed by atoms with Gasteiger partial charge in [0.2, 0.25) is 5.95 Å². The second-order valence-corrected chi connectivity index (χ2v) is 6.26. The zero-order valence-electron chi connectivity index (χ0n) is 14.0. The maximum atomic E-state index is 13.3. The van der Waals surface area contributed by atoms with E-state index in [1.54, 1.807) is 31.5 Å². The van der Waals surface area contributed by atoms with E-state index in [0.717, 1.165) is 5.56 Å². The number of benzene rings is 2. The lowest BCUT2D eigenvalue weighted by Crippen LogP contribution is -2.02. The third kappa shape index (κ3) is 4.15. The number of hydrogen-bond donors (Lipinski definition) is 2. The van der Waals surface area contributed by atoms with Gasteiger partial charge in [-0.25, -0.2) is 9.37 Å². The minimum absolute atomic E-state index is 0.0313. The lowest BCUT2D eigenvalue weighted by Gasteiger charge is -2.13. The molecule has 0 aliphatic carbocycles. The van der Waals surface area contributed by atoms with E-state index in [4.69, 9.17) is 27.9 Å². The molecule has 1 heterocycles. The van der Waals surface area contributed by atoms with E-state index in [2.05, 4.69) is 20.6 Å². The molecule has 0 unspecified atom stereocenters. The molecule has 0 bridgehead atoms. The van der Waals surface area contributed by atoms with E-state index < -0.39 is 5.82 Å². The van der Waals surface area contributed by atoms with E-state index in [0.29, 0.717) is 33.9 Å². The minimum atomic E-state index is -0.479. The van der Waals surface area contributed by atoms with Gasteiger partial charge < -0.3 is 15.4 Å². The summed E-state index contributed by atoms with van der Waals surface area (Å²) < 4.78 is 18.6. The topological polar surface area (TPSA) is 59.1 Å². The number of rotatable bonds is 5. The summed E-state index contributed by atoms with van der Waals surface area (Å²) in [5.41, 5.74) is 2.20. The number of hydrogen-bond acceptors (Lipinski definition) is 5. The van der Waals surface area contributed by atoms with E-state index in [1.807, 2.05) is 13.0 Å². The van der Waals surface area contributed by atoms with Crippen LogP contribution in [0.1, 0.15) is 5.56 Å². The number of methoxy groups -OCH3 is 1. The number of aromatic nitrogens is 2. The van der Waals surface area contributed by atoms with Crippen LogP contribution >= 0.6 is 23.2 Å². The molecule has 0 saturated carbocycles. The second-order valence-electron chi connectivity index (χ2n) is 5.45. The highest BCUT2D eigenvalue weighted by Crippen LogP contribution is 2.32. The Labute approximate surface area is 160 Å². The molecule has 2 N–H and O–H groups in total. The maximum absolute atomic E-state index is 13.3. The first-order chi connectivity index (χ1) is 12.5. The lowest BCUT2D eigenvalue weighted by atomic mass is 10.2. The van der Waals surface area contributed by atoms with Crippen LogP contribution in [0.15, 0.2) is 42.6 Å². The first-order valence-electron chi connectivity index (χ1n) is 7.62. The molecule has 1 aromatic heterocycles. The highest BCUT2D eigenvalue weighted by molar-refractivity contribution is 6.31. The Hall–Kier alpha value is -2.57. The molecule has 134 valence electrons. The summed E-state index contributed by atoms with van der Waals surface area (Å²) in [6.45, 7) is 1.89. The fourth-order valence-corrected chi connectivity index (χ4v) is 2.59. The highest BCUT2D eigenvalue weighted by atomic mass is 35.5. The predicted octanol–water partition coefficient (Wildman–Crippen LogP) is 5.73. The van der Waals surface area contributed by atoms with E-state index in [9.17, 15) is 4.39 Å². The van der Waals surface area contributed by atoms with Crippen LogP contribution in [0.25, 0.3) is 0 Å². The molecule has 0 radical (unpaired) electrons. The van der Waals surface area contributed by atoms with Gasteiger partial charge in [0.25, 0.3) is 0 Å². The predicted molar refractivity (Wildman–Crippen MR) is 103 cm³/mol. The zero-order valence-corrected chi connectivity index (χ0v) is 15.5. The van der Waals surface area contributed by atoms with Crippen molar-refractivity contribution in [1.29, 1.82) is 0 Å². The van der Waals surface area contributed by atoms with Crippen molar-refractivity contribution >= 4 is 46.3 Å². The van der Waals surface area contributed by atoms with E-state index in [1.165, 1.54) is 12.1 Å². The highest BCUT2D eigenvalue weighted by Gasteiger charge is 2.09. The average Bonchev–Trinajstić information content (AvgIpc) is 2.61. The SMILES string of the molecule is COc1cc(Cl)c(C)cc1Nc1nccc(Nc2ccc(F)c(Cl)c2)n1. The fourth-order valence-electron chi connectivity index (χ4n) is 2.26. The summed E-state index contributed by atoms with van der Waals surface area (Å²) in [7, 11) is 1.56. The smallest absolute Gasteiger partial charge is 0.229 e. The Morgan fingerprint density at radius 2 is 1.85 bits per heavy atom. The Balaban J connectivity index is 1.83. The van der Waals surface area contributed by atoms with Gasteiger partial charge in [0.1, 0.15) is 17.4 Å². The van der Waals surface area contributed by atoms with Crippen molar-refractivity contribution in [3.63, 3.8) is 0 Å². The number of ether oxygens (including phenoxy) is 1. The van der Waals surface area contributed by atoms with Crippen molar-refractivity contribution in [3.8, 4) is 5.75 Å². The van der Waals surface area contributed by atoms with Crippen LogP contribution in [0.2, 0.25) is 10.0 Å². The molecule has 0 atom stereocenters. The van der Waals surface area contributed by atoms with Gasteiger partial charge in [0.15, 0.2) is 0 Å². The molecule has 8 heteroatoms. The summed E-state index contributed by atoms with van der Waals surface area (Å²) in [4.78, 5) is 8.58. The lowest BCUT2D eigenvalue weighted by molar-refractivity contribution is 0.416. The molecular weight excluding hydrogens is 378 g/mol. The summed E-state index contributed by atoms with van der Waals surface area (Å²) in [5, 5.41) is 6.80. The molecule has 5 nitrogen and oxygen atoms in total. The van der Waals surface area contributed by atoms with Crippen LogP contribution in [-0.4, -0.2) is 17.1 Å². The van der Waals surface area contributed by atoms with Gasteiger partial charge in [-0.1, -0.05) is 23.2 Å². The number of anilines is 4. The zero-order chi connectivity index (χ0) is 18.7. The molecular formula is C18H15Cl2FN4O. The van der Waals surface area contributed by atoms with E-state index >= 15 is 0 Å². The van der Waals surface area contributed by atoms with Crippen molar-refractivity contribution in [2.45, 2.75) is 6.92 Å². The van der Waals surface area contributed by atoms with Crippen molar-refractivity contribution in [1.82, 2.24) is 9.97 Å². The first-order valence-corrected chi connectivity index (χ1v) is 8.38. The van der Waals surface area contributed by atoms with Crippen LogP contribution in [-0.2, 0) is 0 Å². The van der Waals surface area contributed by atoms with Crippen molar-refractivity contribution in [2.24, 2.45) is 0 Å². The fraction of sp³-hybridized carbons (Fsp3) is 0.111. The van der Waals surface area contributed by atoms with Crippen LogP contribution < -0.4 is 15.4 Å². The van der Waals surface area contributed by atoms with Crippen molar-refractivity contribution in [3.05, 3.63) is 64.0 Å². The van der Waals surface area contributed by atoms with Gasteiger partial charge in [-0.15, -0.1) is 0 Å². The molecule has 0 aliphatic heterocycles. The Morgan fingerprint density at radius 1 is 1.04 bits per heavy atom. The standard InChI is InChI=1S/C18H15Cl2FN4O/c1-10-7-15(16(26-2)9-12(10)19)24-18-22-6-5-17(25-18)23-11-3-4-14(21)13(20)8-11/h3-9H,1-2H3,(H2,22,23,24,25).